The van der Waals surface area contributed by atoms with Crippen LogP contribution >= 0.6 is 0 Å². The van der Waals surface area contributed by atoms with Gasteiger partial charge in [-0.25, -0.2) is 4.98 Å². The monoisotopic (exact) mass is 345 g/mol. The zero-order valence-electron chi connectivity index (χ0n) is 14.2. The minimum Gasteiger partial charge on any atom is -0.392 e. The lowest BCUT2D eigenvalue weighted by atomic mass is 10.0. The molecule has 0 saturated heterocycles. The van der Waals surface area contributed by atoms with Crippen molar-refractivity contribution in [2.24, 2.45) is 0 Å². The summed E-state index contributed by atoms with van der Waals surface area (Å²) >= 11 is 0. The second-order valence-electron chi connectivity index (χ2n) is 6.31. The Labute approximate surface area is 152 Å². The number of carbonyl (C=O) groups is 1. The lowest BCUT2D eigenvalue weighted by molar-refractivity contribution is -0.117. The summed E-state index contributed by atoms with van der Waals surface area (Å²) in [5.41, 5.74) is 4.73. The number of rotatable bonds is 4. The van der Waals surface area contributed by atoms with Gasteiger partial charge in [0.2, 0.25) is 5.91 Å². The van der Waals surface area contributed by atoms with Gasteiger partial charge in [0.05, 0.1) is 13.0 Å². The molecule has 0 atom stereocenters. The molecule has 5 heteroatoms. The van der Waals surface area contributed by atoms with E-state index in [9.17, 15) is 9.90 Å². The van der Waals surface area contributed by atoms with Crippen LogP contribution in [0.2, 0.25) is 0 Å². The molecular weight excluding hydrogens is 326 g/mol. The molecule has 26 heavy (non-hydrogen) atoms. The van der Waals surface area contributed by atoms with Crippen molar-refractivity contribution in [1.29, 1.82) is 0 Å². The molecule has 2 N–H and O–H groups in total. The van der Waals surface area contributed by atoms with Crippen LogP contribution in [0.3, 0.4) is 0 Å². The number of hydrogen-bond donors (Lipinski definition) is 2. The standard InChI is InChI=1S/C21H19N3O2/c25-14-16-5-1-7-18(10-16)23-13-15-4-2-8-19(11-15)24-20(26)12-17-6-3-9-22-21(17)24/h1-10,13,23,25H,11-12,14H2. The molecule has 0 unspecified atom stereocenters. The van der Waals surface area contributed by atoms with E-state index in [-0.39, 0.29) is 12.5 Å². The molecule has 1 aromatic carbocycles. The van der Waals surface area contributed by atoms with Crippen LogP contribution in [0.4, 0.5) is 11.5 Å². The molecule has 1 aliphatic heterocycles. The molecule has 4 rings (SSSR count). The number of nitrogens with zero attached hydrogens (tertiary/aromatic N) is 2. The molecule has 0 spiro atoms. The summed E-state index contributed by atoms with van der Waals surface area (Å²) in [5.74, 6) is 0.796. The van der Waals surface area contributed by atoms with Crippen LogP contribution in [-0.2, 0) is 17.8 Å². The third-order valence-electron chi connectivity index (χ3n) is 4.48. The van der Waals surface area contributed by atoms with Crippen LogP contribution in [0.15, 0.2) is 78.3 Å². The van der Waals surface area contributed by atoms with E-state index in [1.165, 1.54) is 0 Å². The summed E-state index contributed by atoms with van der Waals surface area (Å²) in [6.45, 7) is 0.0162. The number of aliphatic hydroxyl groups excluding tert-OH is 1. The Bertz CT molecular complexity index is 944. The topological polar surface area (TPSA) is 65.5 Å². The maximum atomic E-state index is 12.4. The first-order valence-corrected chi connectivity index (χ1v) is 8.54. The maximum absolute atomic E-state index is 12.4. The third-order valence-corrected chi connectivity index (χ3v) is 4.48. The van der Waals surface area contributed by atoms with Crippen molar-refractivity contribution in [1.82, 2.24) is 4.98 Å². The molecule has 2 aliphatic rings. The number of fused-ring (bicyclic) bond motifs is 1. The minimum absolute atomic E-state index is 0.0162. The van der Waals surface area contributed by atoms with E-state index in [4.69, 9.17) is 0 Å². The van der Waals surface area contributed by atoms with E-state index in [0.29, 0.717) is 12.8 Å². The quantitative estimate of drug-likeness (QED) is 0.892. The van der Waals surface area contributed by atoms with Crippen LogP contribution in [0, 0.1) is 0 Å². The minimum atomic E-state index is 0.0162. The molecule has 2 aromatic rings. The van der Waals surface area contributed by atoms with E-state index in [0.717, 1.165) is 33.9 Å². The van der Waals surface area contributed by atoms with Gasteiger partial charge in [-0.05, 0) is 35.4 Å². The number of benzene rings is 1. The van der Waals surface area contributed by atoms with Gasteiger partial charge in [0.25, 0.3) is 0 Å². The lowest BCUT2D eigenvalue weighted by Gasteiger charge is -2.22. The number of anilines is 2. The second-order valence-corrected chi connectivity index (χ2v) is 6.31. The van der Waals surface area contributed by atoms with Crippen LogP contribution < -0.4 is 10.2 Å². The summed E-state index contributed by atoms with van der Waals surface area (Å²) in [5, 5.41) is 12.5. The average molecular weight is 345 g/mol. The van der Waals surface area contributed by atoms with E-state index in [1.54, 1.807) is 11.1 Å². The van der Waals surface area contributed by atoms with E-state index in [1.807, 2.05) is 60.8 Å². The van der Waals surface area contributed by atoms with E-state index >= 15 is 0 Å². The number of carbonyl (C=O) groups excluding carboxylic acids is 1. The number of nitrogens with one attached hydrogen (secondary N) is 1. The first-order valence-electron chi connectivity index (χ1n) is 8.54. The van der Waals surface area contributed by atoms with E-state index < -0.39 is 0 Å². The highest BCUT2D eigenvalue weighted by Gasteiger charge is 2.31. The van der Waals surface area contributed by atoms with Gasteiger partial charge in [-0.1, -0.05) is 30.4 Å². The molecule has 1 aliphatic carbocycles. The molecule has 0 saturated carbocycles. The molecule has 1 aromatic heterocycles. The van der Waals surface area contributed by atoms with Crippen LogP contribution in [0.25, 0.3) is 0 Å². The summed E-state index contributed by atoms with van der Waals surface area (Å²) in [6, 6.07) is 11.4. The largest absolute Gasteiger partial charge is 0.392 e. The summed E-state index contributed by atoms with van der Waals surface area (Å²) < 4.78 is 0. The van der Waals surface area contributed by atoms with Gasteiger partial charge < -0.3 is 10.4 Å². The Kier molecular flexibility index (Phi) is 4.37. The molecule has 0 radical (unpaired) electrons. The van der Waals surface area contributed by atoms with Crippen molar-refractivity contribution in [2.45, 2.75) is 19.4 Å². The smallest absolute Gasteiger partial charge is 0.237 e. The van der Waals surface area contributed by atoms with Crippen molar-refractivity contribution in [3.05, 3.63) is 89.4 Å². The zero-order chi connectivity index (χ0) is 17.9. The van der Waals surface area contributed by atoms with Crippen molar-refractivity contribution in [2.75, 3.05) is 10.2 Å². The lowest BCUT2D eigenvalue weighted by Crippen LogP contribution is -2.27. The maximum Gasteiger partial charge on any atom is 0.237 e. The summed E-state index contributed by atoms with van der Waals surface area (Å²) in [6.07, 6.45) is 10.6. The molecule has 0 fully saturated rings. The van der Waals surface area contributed by atoms with Gasteiger partial charge in [0.15, 0.2) is 0 Å². The highest BCUT2D eigenvalue weighted by atomic mass is 16.3. The van der Waals surface area contributed by atoms with Gasteiger partial charge in [0.1, 0.15) is 5.82 Å². The number of aliphatic hydroxyl groups is 1. The average Bonchev–Trinajstić information content (AvgIpc) is 3.02. The summed E-state index contributed by atoms with van der Waals surface area (Å²) in [7, 11) is 0. The Hall–Kier alpha value is -3.18. The van der Waals surface area contributed by atoms with Gasteiger partial charge >= 0.3 is 0 Å². The Balaban J connectivity index is 1.52. The zero-order valence-corrected chi connectivity index (χ0v) is 14.2. The van der Waals surface area contributed by atoms with Crippen LogP contribution in [0.5, 0.6) is 0 Å². The fraction of sp³-hybridized carbons (Fsp3) is 0.143. The van der Waals surface area contributed by atoms with Crippen molar-refractivity contribution < 1.29 is 9.90 Å². The Morgan fingerprint density at radius 3 is 3.04 bits per heavy atom. The second kappa shape index (κ2) is 6.98. The fourth-order valence-electron chi connectivity index (χ4n) is 3.22. The SMILES string of the molecule is O=C1Cc2cccnc2N1C1=CC=CC(=CNc2cccc(CO)c2)C1. The first kappa shape index (κ1) is 16.3. The van der Waals surface area contributed by atoms with Gasteiger partial charge in [-0.2, -0.15) is 0 Å². The van der Waals surface area contributed by atoms with Gasteiger partial charge in [-0.15, -0.1) is 0 Å². The predicted octanol–water partition coefficient (Wildman–Crippen LogP) is 3.30. The highest BCUT2D eigenvalue weighted by molar-refractivity contribution is 6.03. The molecule has 5 nitrogen and oxygen atoms in total. The predicted molar refractivity (Wildman–Crippen MR) is 101 cm³/mol. The number of amides is 1. The van der Waals surface area contributed by atoms with Gasteiger partial charge in [-0.3, -0.25) is 9.69 Å². The number of pyridine rings is 1. The third kappa shape index (κ3) is 3.17. The van der Waals surface area contributed by atoms with Crippen molar-refractivity contribution >= 4 is 17.4 Å². The fourth-order valence-corrected chi connectivity index (χ4v) is 3.22. The summed E-state index contributed by atoms with van der Waals surface area (Å²) in [4.78, 5) is 18.6. The van der Waals surface area contributed by atoms with Crippen molar-refractivity contribution in [3.63, 3.8) is 0 Å². The van der Waals surface area contributed by atoms with Crippen molar-refractivity contribution in [3.8, 4) is 0 Å². The first-order chi connectivity index (χ1) is 12.7. The Morgan fingerprint density at radius 1 is 1.23 bits per heavy atom. The van der Waals surface area contributed by atoms with Crippen LogP contribution in [-0.4, -0.2) is 16.0 Å². The molecule has 0 bridgehead atoms. The Morgan fingerprint density at radius 2 is 2.15 bits per heavy atom. The number of aromatic nitrogens is 1. The molecule has 1 amide bonds. The van der Waals surface area contributed by atoms with Crippen LogP contribution in [0.1, 0.15) is 17.5 Å². The normalized spacial score (nSPS) is 17.4. The molecule has 130 valence electrons. The number of hydrogen-bond acceptors (Lipinski definition) is 4. The molecular formula is C21H19N3O2. The van der Waals surface area contributed by atoms with Gasteiger partial charge in [0, 0.05) is 35.8 Å². The van der Waals surface area contributed by atoms with E-state index in [2.05, 4.69) is 10.3 Å². The highest BCUT2D eigenvalue weighted by Crippen LogP contribution is 2.33. The number of allylic oxidation sites excluding steroid dienone is 4. The molecule has 2 heterocycles.